The van der Waals surface area contributed by atoms with Gasteiger partial charge in [0.1, 0.15) is 13.2 Å². The molecule has 1 saturated carbocycles. The van der Waals surface area contributed by atoms with Gasteiger partial charge >= 0.3 is 0 Å². The highest BCUT2D eigenvalue weighted by Crippen LogP contribution is 2.43. The van der Waals surface area contributed by atoms with Crippen LogP contribution in [0.15, 0.2) is 16.6 Å². The maximum absolute atomic E-state index is 5.66. The van der Waals surface area contributed by atoms with Crippen LogP contribution in [0.2, 0.25) is 0 Å². The van der Waals surface area contributed by atoms with E-state index in [1.165, 1.54) is 5.56 Å². The number of halogens is 1. The summed E-state index contributed by atoms with van der Waals surface area (Å²) < 4.78 is 17.7. The number of ether oxygens (including phenoxy) is 3. The third-order valence-electron chi connectivity index (χ3n) is 4.67. The minimum atomic E-state index is 0.180. The summed E-state index contributed by atoms with van der Waals surface area (Å²) in [4.78, 5) is 0. The summed E-state index contributed by atoms with van der Waals surface area (Å²) in [6, 6.07) is 4.64. The van der Waals surface area contributed by atoms with Crippen LogP contribution in [0, 0.1) is 5.41 Å². The van der Waals surface area contributed by atoms with Crippen LogP contribution in [0.25, 0.3) is 0 Å². The van der Waals surface area contributed by atoms with Gasteiger partial charge in [0.25, 0.3) is 0 Å². The lowest BCUT2D eigenvalue weighted by Gasteiger charge is -2.51. The van der Waals surface area contributed by atoms with Crippen molar-refractivity contribution in [1.82, 2.24) is 5.32 Å². The number of nitrogens with one attached hydrogen (secondary N) is 1. The molecule has 116 valence electrons. The van der Waals surface area contributed by atoms with Gasteiger partial charge < -0.3 is 19.5 Å². The van der Waals surface area contributed by atoms with Gasteiger partial charge in [-0.15, -0.1) is 0 Å². The fourth-order valence-corrected chi connectivity index (χ4v) is 3.74. The van der Waals surface area contributed by atoms with Gasteiger partial charge in [0, 0.05) is 25.1 Å². The molecule has 1 aromatic rings. The Kier molecular flexibility index (Phi) is 4.17. The first-order valence-corrected chi connectivity index (χ1v) is 8.16. The largest absolute Gasteiger partial charge is 0.486 e. The topological polar surface area (TPSA) is 39.7 Å². The molecule has 1 aliphatic heterocycles. The molecular formula is C16H22BrNO3. The van der Waals surface area contributed by atoms with Crippen molar-refractivity contribution in [2.45, 2.75) is 39.0 Å². The van der Waals surface area contributed by atoms with Gasteiger partial charge in [-0.3, -0.25) is 0 Å². The lowest BCUT2D eigenvalue weighted by atomic mass is 9.64. The van der Waals surface area contributed by atoms with E-state index in [1.54, 1.807) is 7.11 Å². The Balaban J connectivity index is 1.65. The van der Waals surface area contributed by atoms with Crippen LogP contribution in [0.5, 0.6) is 11.5 Å². The van der Waals surface area contributed by atoms with Crippen molar-refractivity contribution in [3.63, 3.8) is 0 Å². The van der Waals surface area contributed by atoms with Crippen molar-refractivity contribution in [3.8, 4) is 11.5 Å². The number of hydrogen-bond donors (Lipinski definition) is 1. The van der Waals surface area contributed by atoms with Gasteiger partial charge in [0.05, 0.1) is 10.6 Å². The second kappa shape index (κ2) is 5.78. The quantitative estimate of drug-likeness (QED) is 0.900. The molecule has 0 spiro atoms. The maximum Gasteiger partial charge on any atom is 0.175 e. The molecule has 21 heavy (non-hydrogen) atoms. The first-order chi connectivity index (χ1) is 10.0. The van der Waals surface area contributed by atoms with Crippen LogP contribution in [0.3, 0.4) is 0 Å². The molecule has 0 saturated heterocycles. The first kappa shape index (κ1) is 15.1. The second-order valence-electron chi connectivity index (χ2n) is 6.32. The van der Waals surface area contributed by atoms with E-state index < -0.39 is 0 Å². The Hall–Kier alpha value is -0.780. The molecule has 1 heterocycles. The normalized spacial score (nSPS) is 26.3. The Morgan fingerprint density at radius 1 is 1.33 bits per heavy atom. The smallest absolute Gasteiger partial charge is 0.175 e. The average Bonchev–Trinajstić information content (AvgIpc) is 2.46. The van der Waals surface area contributed by atoms with E-state index in [1.807, 2.05) is 0 Å². The van der Waals surface area contributed by atoms with Crippen LogP contribution >= 0.6 is 15.9 Å². The van der Waals surface area contributed by atoms with Crippen molar-refractivity contribution in [2.75, 3.05) is 20.3 Å². The average molecular weight is 356 g/mol. The van der Waals surface area contributed by atoms with E-state index in [0.717, 1.165) is 28.9 Å². The Bertz CT molecular complexity index is 532. The van der Waals surface area contributed by atoms with Crippen molar-refractivity contribution in [1.29, 1.82) is 0 Å². The molecule has 0 radical (unpaired) electrons. The summed E-state index contributed by atoms with van der Waals surface area (Å²) in [5.41, 5.74) is 1.38. The molecule has 0 aromatic heterocycles. The maximum atomic E-state index is 5.66. The number of rotatable bonds is 4. The van der Waals surface area contributed by atoms with Crippen molar-refractivity contribution < 1.29 is 14.2 Å². The summed E-state index contributed by atoms with van der Waals surface area (Å²) in [5.74, 6) is 1.64. The zero-order valence-corrected chi connectivity index (χ0v) is 14.3. The molecule has 2 aliphatic rings. The standard InChI is InChI=1S/C16H22BrNO3/c1-16(2)13(8-14(16)19-3)18-9-10-6-11(17)15-12(7-10)20-4-5-21-15/h6-7,13-14,18H,4-5,8-9H2,1-3H3. The molecule has 1 aliphatic carbocycles. The molecule has 1 aromatic carbocycles. The predicted octanol–water partition coefficient (Wildman–Crippen LogP) is 3.12. The molecule has 4 nitrogen and oxygen atoms in total. The lowest BCUT2D eigenvalue weighted by molar-refractivity contribution is -0.0979. The Morgan fingerprint density at radius 3 is 2.81 bits per heavy atom. The summed E-state index contributed by atoms with van der Waals surface area (Å²) in [6.07, 6.45) is 1.41. The molecule has 0 amide bonds. The fraction of sp³-hybridized carbons (Fsp3) is 0.625. The SMILES string of the molecule is COC1CC(NCc2cc(Br)c3c(c2)OCCO3)C1(C)C. The van der Waals surface area contributed by atoms with E-state index >= 15 is 0 Å². The second-order valence-corrected chi connectivity index (χ2v) is 7.17. The van der Waals surface area contributed by atoms with Gasteiger partial charge in [-0.05, 0) is 40.0 Å². The van der Waals surface area contributed by atoms with Crippen LogP contribution in [0.1, 0.15) is 25.8 Å². The number of benzene rings is 1. The van der Waals surface area contributed by atoms with E-state index in [2.05, 4.69) is 47.2 Å². The van der Waals surface area contributed by atoms with E-state index in [0.29, 0.717) is 25.4 Å². The third kappa shape index (κ3) is 2.79. The molecule has 5 heteroatoms. The molecule has 3 rings (SSSR count). The van der Waals surface area contributed by atoms with Crippen molar-refractivity contribution >= 4 is 15.9 Å². The van der Waals surface area contributed by atoms with Gasteiger partial charge in [0.2, 0.25) is 0 Å². The zero-order chi connectivity index (χ0) is 15.0. The van der Waals surface area contributed by atoms with Crippen LogP contribution in [-0.2, 0) is 11.3 Å². The van der Waals surface area contributed by atoms with Crippen molar-refractivity contribution in [3.05, 3.63) is 22.2 Å². The fourth-order valence-electron chi connectivity index (χ4n) is 3.14. The molecule has 2 atom stereocenters. The van der Waals surface area contributed by atoms with E-state index in [4.69, 9.17) is 14.2 Å². The van der Waals surface area contributed by atoms with Gasteiger partial charge in [-0.1, -0.05) is 13.8 Å². The van der Waals surface area contributed by atoms with E-state index in [9.17, 15) is 0 Å². The Labute approximate surface area is 134 Å². The van der Waals surface area contributed by atoms with Crippen molar-refractivity contribution in [2.24, 2.45) is 5.41 Å². The summed E-state index contributed by atoms with van der Waals surface area (Å²) >= 11 is 3.56. The number of fused-ring (bicyclic) bond motifs is 1. The van der Waals surface area contributed by atoms with Gasteiger partial charge in [-0.25, -0.2) is 0 Å². The van der Waals surface area contributed by atoms with Crippen LogP contribution in [0.4, 0.5) is 0 Å². The van der Waals surface area contributed by atoms with Gasteiger partial charge in [-0.2, -0.15) is 0 Å². The molecule has 0 bridgehead atoms. The highest BCUT2D eigenvalue weighted by atomic mass is 79.9. The minimum Gasteiger partial charge on any atom is -0.486 e. The zero-order valence-electron chi connectivity index (χ0n) is 12.7. The van der Waals surface area contributed by atoms with Crippen LogP contribution in [-0.4, -0.2) is 32.5 Å². The molecular weight excluding hydrogens is 334 g/mol. The van der Waals surface area contributed by atoms with Crippen LogP contribution < -0.4 is 14.8 Å². The number of hydrogen-bond acceptors (Lipinski definition) is 4. The summed E-state index contributed by atoms with van der Waals surface area (Å²) in [5, 5.41) is 3.63. The van der Waals surface area contributed by atoms with E-state index in [-0.39, 0.29) is 5.41 Å². The molecule has 1 fully saturated rings. The van der Waals surface area contributed by atoms with Gasteiger partial charge in [0.15, 0.2) is 11.5 Å². The third-order valence-corrected chi connectivity index (χ3v) is 5.26. The monoisotopic (exact) mass is 355 g/mol. The first-order valence-electron chi connectivity index (χ1n) is 7.36. The number of methoxy groups -OCH3 is 1. The molecule has 1 N–H and O–H groups in total. The highest BCUT2D eigenvalue weighted by Gasteiger charge is 2.48. The minimum absolute atomic E-state index is 0.180. The Morgan fingerprint density at radius 2 is 2.10 bits per heavy atom. The predicted molar refractivity (Wildman–Crippen MR) is 85.0 cm³/mol. The lowest BCUT2D eigenvalue weighted by Crippen LogP contribution is -2.60. The summed E-state index contributed by atoms with van der Waals surface area (Å²) in [7, 11) is 1.79. The molecule has 2 unspecified atom stereocenters. The highest BCUT2D eigenvalue weighted by molar-refractivity contribution is 9.10. The summed E-state index contributed by atoms with van der Waals surface area (Å²) in [6.45, 7) is 6.54.